The second-order valence-corrected chi connectivity index (χ2v) is 2.70. The Morgan fingerprint density at radius 3 is 2.20 bits per heavy atom. The zero-order chi connectivity index (χ0) is 7.56. The van der Waals surface area contributed by atoms with Gasteiger partial charge in [0, 0.05) is 6.04 Å². The lowest BCUT2D eigenvalue weighted by molar-refractivity contribution is 0.385. The molecule has 0 aliphatic heterocycles. The zero-order valence-electron chi connectivity index (χ0n) is 5.74. The molecule has 1 aliphatic carbocycles. The Morgan fingerprint density at radius 1 is 1.30 bits per heavy atom. The van der Waals surface area contributed by atoms with E-state index in [0.29, 0.717) is 31.3 Å². The SMILES string of the molecule is NC1CCC(=C(F)F)CC1. The van der Waals surface area contributed by atoms with Gasteiger partial charge in [-0.25, -0.2) is 0 Å². The van der Waals surface area contributed by atoms with Gasteiger partial charge in [-0.3, -0.25) is 0 Å². The molecular formula is C7H11F2N. The van der Waals surface area contributed by atoms with Gasteiger partial charge in [0.1, 0.15) is 0 Å². The maximum absolute atomic E-state index is 11.9. The van der Waals surface area contributed by atoms with Crippen LogP contribution in [0.5, 0.6) is 0 Å². The molecule has 3 heteroatoms. The number of rotatable bonds is 0. The largest absolute Gasteiger partial charge is 0.328 e. The molecule has 0 radical (unpaired) electrons. The van der Waals surface area contributed by atoms with Crippen molar-refractivity contribution in [1.29, 1.82) is 0 Å². The van der Waals surface area contributed by atoms with E-state index in [2.05, 4.69) is 0 Å². The molecule has 0 atom stereocenters. The van der Waals surface area contributed by atoms with Gasteiger partial charge in [-0.15, -0.1) is 0 Å². The normalized spacial score (nSPS) is 26.7. The number of halogens is 2. The summed E-state index contributed by atoms with van der Waals surface area (Å²) < 4.78 is 23.8. The van der Waals surface area contributed by atoms with Crippen molar-refractivity contribution in [2.75, 3.05) is 0 Å². The fourth-order valence-corrected chi connectivity index (χ4v) is 1.18. The maximum atomic E-state index is 11.9. The van der Waals surface area contributed by atoms with Crippen molar-refractivity contribution in [3.05, 3.63) is 11.7 Å². The highest BCUT2D eigenvalue weighted by Gasteiger charge is 2.15. The van der Waals surface area contributed by atoms with Gasteiger partial charge in [0.05, 0.1) is 0 Å². The molecule has 1 rings (SSSR count). The fourth-order valence-electron chi connectivity index (χ4n) is 1.18. The highest BCUT2D eigenvalue weighted by atomic mass is 19.3. The van der Waals surface area contributed by atoms with Gasteiger partial charge >= 0.3 is 0 Å². The highest BCUT2D eigenvalue weighted by molar-refractivity contribution is 5.06. The summed E-state index contributed by atoms with van der Waals surface area (Å²) in [6.07, 6.45) is 0.915. The lowest BCUT2D eigenvalue weighted by Gasteiger charge is -2.18. The van der Waals surface area contributed by atoms with E-state index in [1.165, 1.54) is 0 Å². The summed E-state index contributed by atoms with van der Waals surface area (Å²) in [5, 5.41) is 0. The number of nitrogens with two attached hydrogens (primary N) is 1. The molecule has 10 heavy (non-hydrogen) atoms. The third-order valence-electron chi connectivity index (χ3n) is 1.90. The first-order valence-corrected chi connectivity index (χ1v) is 3.48. The first-order chi connectivity index (χ1) is 4.70. The van der Waals surface area contributed by atoms with Crippen LogP contribution in [-0.2, 0) is 0 Å². The van der Waals surface area contributed by atoms with E-state index in [-0.39, 0.29) is 6.04 Å². The molecule has 1 nitrogen and oxygen atoms in total. The molecule has 0 aromatic rings. The molecule has 0 spiro atoms. The summed E-state index contributed by atoms with van der Waals surface area (Å²) >= 11 is 0. The van der Waals surface area contributed by atoms with Gasteiger partial charge in [0.2, 0.25) is 0 Å². The van der Waals surface area contributed by atoms with Crippen molar-refractivity contribution >= 4 is 0 Å². The molecule has 1 aliphatic rings. The number of hydrogen-bond donors (Lipinski definition) is 1. The maximum Gasteiger partial charge on any atom is 0.269 e. The third-order valence-corrected chi connectivity index (χ3v) is 1.90. The molecule has 0 unspecified atom stereocenters. The van der Waals surface area contributed by atoms with E-state index in [1.54, 1.807) is 0 Å². The molecule has 0 saturated heterocycles. The van der Waals surface area contributed by atoms with Crippen LogP contribution in [0.2, 0.25) is 0 Å². The minimum Gasteiger partial charge on any atom is -0.328 e. The van der Waals surface area contributed by atoms with Crippen LogP contribution in [0.25, 0.3) is 0 Å². The predicted octanol–water partition coefficient (Wildman–Crippen LogP) is 2.04. The van der Waals surface area contributed by atoms with Crippen molar-refractivity contribution in [3.63, 3.8) is 0 Å². The minimum absolute atomic E-state index is 0.142. The predicted molar refractivity (Wildman–Crippen MR) is 35.7 cm³/mol. The Hall–Kier alpha value is -0.440. The first-order valence-electron chi connectivity index (χ1n) is 3.48. The Morgan fingerprint density at radius 2 is 1.80 bits per heavy atom. The van der Waals surface area contributed by atoms with Crippen molar-refractivity contribution in [1.82, 2.24) is 0 Å². The van der Waals surface area contributed by atoms with Crippen LogP contribution in [0, 0.1) is 0 Å². The summed E-state index contributed by atoms with van der Waals surface area (Å²) in [4.78, 5) is 0. The van der Waals surface area contributed by atoms with E-state index in [0.717, 1.165) is 0 Å². The van der Waals surface area contributed by atoms with Crippen molar-refractivity contribution in [2.24, 2.45) is 5.73 Å². The van der Waals surface area contributed by atoms with E-state index in [1.807, 2.05) is 0 Å². The Kier molecular flexibility index (Phi) is 2.38. The average Bonchev–Trinajstić information content (AvgIpc) is 1.88. The lowest BCUT2D eigenvalue weighted by Crippen LogP contribution is -2.23. The van der Waals surface area contributed by atoms with Gasteiger partial charge in [0.15, 0.2) is 0 Å². The molecule has 0 aromatic heterocycles. The van der Waals surface area contributed by atoms with E-state index in [4.69, 9.17) is 5.73 Å². The van der Waals surface area contributed by atoms with Crippen LogP contribution >= 0.6 is 0 Å². The Bertz CT molecular complexity index is 140. The smallest absolute Gasteiger partial charge is 0.269 e. The molecule has 0 aromatic carbocycles. The Balaban J connectivity index is 2.48. The van der Waals surface area contributed by atoms with Crippen molar-refractivity contribution in [3.8, 4) is 0 Å². The summed E-state index contributed by atoms with van der Waals surface area (Å²) in [6.45, 7) is 0. The van der Waals surface area contributed by atoms with E-state index < -0.39 is 6.08 Å². The summed E-state index contributed by atoms with van der Waals surface area (Å²) in [5.41, 5.74) is 5.84. The Labute approximate surface area is 58.9 Å². The molecular weight excluding hydrogens is 136 g/mol. The van der Waals surface area contributed by atoms with Crippen molar-refractivity contribution < 1.29 is 8.78 Å². The van der Waals surface area contributed by atoms with Gasteiger partial charge < -0.3 is 5.73 Å². The summed E-state index contributed by atoms with van der Waals surface area (Å²) in [7, 11) is 0. The molecule has 58 valence electrons. The monoisotopic (exact) mass is 147 g/mol. The molecule has 2 N–H and O–H groups in total. The summed E-state index contributed by atoms with van der Waals surface area (Å²) in [5.74, 6) is 0. The van der Waals surface area contributed by atoms with Crippen LogP contribution in [0.3, 0.4) is 0 Å². The number of allylic oxidation sites excluding steroid dienone is 1. The van der Waals surface area contributed by atoms with Crippen LogP contribution in [0.15, 0.2) is 11.7 Å². The molecule has 0 bridgehead atoms. The van der Waals surface area contributed by atoms with Crippen molar-refractivity contribution in [2.45, 2.75) is 31.7 Å². The molecule has 0 heterocycles. The first kappa shape index (κ1) is 7.66. The number of hydrogen-bond acceptors (Lipinski definition) is 1. The third kappa shape index (κ3) is 1.77. The van der Waals surface area contributed by atoms with Gasteiger partial charge in [-0.05, 0) is 31.3 Å². The van der Waals surface area contributed by atoms with Crippen LogP contribution in [-0.4, -0.2) is 6.04 Å². The topological polar surface area (TPSA) is 26.0 Å². The quantitative estimate of drug-likeness (QED) is 0.557. The van der Waals surface area contributed by atoms with Crippen LogP contribution in [0.1, 0.15) is 25.7 Å². The fraction of sp³-hybridized carbons (Fsp3) is 0.714. The standard InChI is InChI=1S/C7H11F2N/c8-7(9)5-1-3-6(10)4-2-5/h6H,1-4,10H2. The highest BCUT2D eigenvalue weighted by Crippen LogP contribution is 2.26. The van der Waals surface area contributed by atoms with Gasteiger partial charge in [0.25, 0.3) is 6.08 Å². The summed E-state index contributed by atoms with van der Waals surface area (Å²) in [6, 6.07) is 0.142. The molecule has 0 amide bonds. The molecule has 1 saturated carbocycles. The second kappa shape index (κ2) is 3.10. The van der Waals surface area contributed by atoms with E-state index in [9.17, 15) is 8.78 Å². The lowest BCUT2D eigenvalue weighted by atomic mass is 9.92. The van der Waals surface area contributed by atoms with Crippen LogP contribution in [0.4, 0.5) is 8.78 Å². The van der Waals surface area contributed by atoms with E-state index >= 15 is 0 Å². The second-order valence-electron chi connectivity index (χ2n) is 2.70. The molecule has 1 fully saturated rings. The minimum atomic E-state index is -1.49. The van der Waals surface area contributed by atoms with Crippen LogP contribution < -0.4 is 5.73 Å². The van der Waals surface area contributed by atoms with Gasteiger partial charge in [-0.1, -0.05) is 0 Å². The average molecular weight is 147 g/mol. The zero-order valence-corrected chi connectivity index (χ0v) is 5.74. The van der Waals surface area contributed by atoms with Gasteiger partial charge in [-0.2, -0.15) is 8.78 Å².